The maximum absolute atomic E-state index is 5.69. The van der Waals surface area contributed by atoms with Crippen LogP contribution in [0, 0.1) is 0 Å². The summed E-state index contributed by atoms with van der Waals surface area (Å²) in [5.74, 6) is 0.944. The molecule has 0 heterocycles. The molecule has 22 heavy (non-hydrogen) atoms. The van der Waals surface area contributed by atoms with Crippen LogP contribution in [0.25, 0.3) is 10.8 Å². The molecule has 3 rings (SSSR count). The van der Waals surface area contributed by atoms with Gasteiger partial charge in [0, 0.05) is 17.6 Å². The van der Waals surface area contributed by atoms with E-state index >= 15 is 0 Å². The second-order valence-corrected chi connectivity index (χ2v) is 5.38. The number of fused-ring (bicyclic) bond motifs is 1. The van der Waals surface area contributed by atoms with Gasteiger partial charge in [0.1, 0.15) is 5.75 Å². The van der Waals surface area contributed by atoms with Gasteiger partial charge in [-0.25, -0.2) is 0 Å². The van der Waals surface area contributed by atoms with E-state index in [1.165, 1.54) is 16.3 Å². The van der Waals surface area contributed by atoms with Gasteiger partial charge in [0.25, 0.3) is 0 Å². The lowest BCUT2D eigenvalue weighted by Crippen LogP contribution is -2.01. The molecule has 0 aliphatic heterocycles. The lowest BCUT2D eigenvalue weighted by atomic mass is 10.1. The van der Waals surface area contributed by atoms with E-state index in [1.54, 1.807) is 0 Å². The van der Waals surface area contributed by atoms with Crippen LogP contribution in [0.3, 0.4) is 0 Å². The van der Waals surface area contributed by atoms with Crippen molar-refractivity contribution in [3.8, 4) is 5.75 Å². The van der Waals surface area contributed by atoms with Gasteiger partial charge >= 0.3 is 0 Å². The maximum atomic E-state index is 5.69. The summed E-state index contributed by atoms with van der Waals surface area (Å²) in [6, 6.07) is 23.1. The first-order valence-electron chi connectivity index (χ1n) is 7.80. The van der Waals surface area contributed by atoms with Crippen molar-refractivity contribution in [1.82, 2.24) is 0 Å². The molecular formula is C20H21NO. The summed E-state index contributed by atoms with van der Waals surface area (Å²) in [6.07, 6.45) is 1.03. The molecule has 0 fully saturated rings. The molecule has 0 aliphatic rings. The number of hydrogen-bond donors (Lipinski definition) is 1. The van der Waals surface area contributed by atoms with Crippen molar-refractivity contribution in [3.05, 3.63) is 72.3 Å². The molecule has 0 bridgehead atoms. The van der Waals surface area contributed by atoms with Crippen LogP contribution in [-0.4, -0.2) is 6.61 Å². The molecule has 112 valence electrons. The predicted octanol–water partition coefficient (Wildman–Crippen LogP) is 5.24. The third-order valence-electron chi connectivity index (χ3n) is 3.64. The van der Waals surface area contributed by atoms with Gasteiger partial charge in [-0.2, -0.15) is 0 Å². The van der Waals surface area contributed by atoms with E-state index in [-0.39, 0.29) is 0 Å². The normalized spacial score (nSPS) is 10.6. The Morgan fingerprint density at radius 3 is 2.64 bits per heavy atom. The highest BCUT2D eigenvalue weighted by Crippen LogP contribution is 2.24. The Morgan fingerprint density at radius 2 is 1.73 bits per heavy atom. The molecule has 2 nitrogen and oxygen atoms in total. The van der Waals surface area contributed by atoms with Crippen molar-refractivity contribution in [1.29, 1.82) is 0 Å². The van der Waals surface area contributed by atoms with E-state index < -0.39 is 0 Å². The standard InChI is InChI=1S/C20H21NO/c1-2-13-22-18-10-5-7-16(14-18)15-21-20-12-6-9-17-8-3-4-11-19(17)20/h3-12,14,21H,2,13,15H2,1H3. The van der Waals surface area contributed by atoms with E-state index in [2.05, 4.69) is 66.8 Å². The van der Waals surface area contributed by atoms with Gasteiger partial charge in [-0.3, -0.25) is 0 Å². The lowest BCUT2D eigenvalue weighted by molar-refractivity contribution is 0.317. The fraction of sp³-hybridized carbons (Fsp3) is 0.200. The zero-order valence-electron chi connectivity index (χ0n) is 12.9. The monoisotopic (exact) mass is 291 g/mol. The highest BCUT2D eigenvalue weighted by atomic mass is 16.5. The minimum atomic E-state index is 0.764. The molecule has 0 radical (unpaired) electrons. The SMILES string of the molecule is CCCOc1cccc(CNc2cccc3ccccc23)c1. The summed E-state index contributed by atoms with van der Waals surface area (Å²) < 4.78 is 5.69. The van der Waals surface area contributed by atoms with Gasteiger partial charge in [-0.1, -0.05) is 55.5 Å². The van der Waals surface area contributed by atoms with Crippen molar-refractivity contribution < 1.29 is 4.74 Å². The summed E-state index contributed by atoms with van der Waals surface area (Å²) >= 11 is 0. The van der Waals surface area contributed by atoms with Crippen LogP contribution in [-0.2, 0) is 6.54 Å². The van der Waals surface area contributed by atoms with Crippen molar-refractivity contribution in [2.75, 3.05) is 11.9 Å². The largest absolute Gasteiger partial charge is 0.494 e. The molecule has 3 aromatic rings. The Balaban J connectivity index is 1.74. The lowest BCUT2D eigenvalue weighted by Gasteiger charge is -2.11. The summed E-state index contributed by atoms with van der Waals surface area (Å²) in [6.45, 7) is 3.67. The molecule has 0 aromatic heterocycles. The van der Waals surface area contributed by atoms with Gasteiger partial charge in [-0.15, -0.1) is 0 Å². The van der Waals surface area contributed by atoms with Crippen molar-refractivity contribution >= 4 is 16.5 Å². The fourth-order valence-corrected chi connectivity index (χ4v) is 2.54. The highest BCUT2D eigenvalue weighted by Gasteiger charge is 2.01. The number of benzene rings is 3. The molecule has 2 heteroatoms. The van der Waals surface area contributed by atoms with E-state index in [0.717, 1.165) is 31.0 Å². The van der Waals surface area contributed by atoms with Gasteiger partial charge in [0.15, 0.2) is 0 Å². The molecular weight excluding hydrogens is 270 g/mol. The van der Waals surface area contributed by atoms with Gasteiger partial charge in [0.05, 0.1) is 6.61 Å². The number of anilines is 1. The van der Waals surface area contributed by atoms with Crippen LogP contribution >= 0.6 is 0 Å². The molecule has 0 spiro atoms. The van der Waals surface area contributed by atoms with Crippen LogP contribution in [0.1, 0.15) is 18.9 Å². The zero-order chi connectivity index (χ0) is 15.2. The van der Waals surface area contributed by atoms with E-state index in [9.17, 15) is 0 Å². The Hall–Kier alpha value is -2.48. The average Bonchev–Trinajstić information content (AvgIpc) is 2.58. The van der Waals surface area contributed by atoms with Crippen molar-refractivity contribution in [3.63, 3.8) is 0 Å². The number of ether oxygens (including phenoxy) is 1. The van der Waals surface area contributed by atoms with E-state index in [0.29, 0.717) is 0 Å². The predicted molar refractivity (Wildman–Crippen MR) is 93.5 cm³/mol. The Labute approximate surface area is 131 Å². The molecule has 0 unspecified atom stereocenters. The molecule has 0 amide bonds. The minimum Gasteiger partial charge on any atom is -0.494 e. The Morgan fingerprint density at radius 1 is 0.909 bits per heavy atom. The summed E-state index contributed by atoms with van der Waals surface area (Å²) in [7, 11) is 0. The summed E-state index contributed by atoms with van der Waals surface area (Å²) in [4.78, 5) is 0. The van der Waals surface area contributed by atoms with Crippen LogP contribution in [0.2, 0.25) is 0 Å². The van der Waals surface area contributed by atoms with Crippen molar-refractivity contribution in [2.24, 2.45) is 0 Å². The zero-order valence-corrected chi connectivity index (χ0v) is 12.9. The molecule has 1 N–H and O–H groups in total. The molecule has 0 saturated carbocycles. The van der Waals surface area contributed by atoms with Gasteiger partial charge < -0.3 is 10.1 Å². The number of hydrogen-bond acceptors (Lipinski definition) is 2. The second kappa shape index (κ2) is 6.99. The van der Waals surface area contributed by atoms with E-state index in [4.69, 9.17) is 4.74 Å². The summed E-state index contributed by atoms with van der Waals surface area (Å²) in [5, 5.41) is 6.04. The van der Waals surface area contributed by atoms with Gasteiger partial charge in [0.2, 0.25) is 0 Å². The highest BCUT2D eigenvalue weighted by molar-refractivity contribution is 5.93. The third kappa shape index (κ3) is 3.40. The topological polar surface area (TPSA) is 21.3 Å². The minimum absolute atomic E-state index is 0.764. The third-order valence-corrected chi connectivity index (χ3v) is 3.64. The first-order valence-corrected chi connectivity index (χ1v) is 7.80. The number of rotatable bonds is 6. The number of nitrogens with one attached hydrogen (secondary N) is 1. The van der Waals surface area contributed by atoms with Crippen LogP contribution < -0.4 is 10.1 Å². The molecule has 3 aromatic carbocycles. The quantitative estimate of drug-likeness (QED) is 0.670. The van der Waals surface area contributed by atoms with Crippen molar-refractivity contribution in [2.45, 2.75) is 19.9 Å². The first kappa shape index (κ1) is 14.5. The fourth-order valence-electron chi connectivity index (χ4n) is 2.54. The Bertz CT molecular complexity index is 746. The average molecular weight is 291 g/mol. The maximum Gasteiger partial charge on any atom is 0.119 e. The van der Waals surface area contributed by atoms with Crippen LogP contribution in [0.4, 0.5) is 5.69 Å². The molecule has 0 aliphatic carbocycles. The second-order valence-electron chi connectivity index (χ2n) is 5.38. The van der Waals surface area contributed by atoms with Crippen LogP contribution in [0.15, 0.2) is 66.7 Å². The smallest absolute Gasteiger partial charge is 0.119 e. The van der Waals surface area contributed by atoms with E-state index in [1.807, 2.05) is 12.1 Å². The Kier molecular flexibility index (Phi) is 4.59. The van der Waals surface area contributed by atoms with Crippen LogP contribution in [0.5, 0.6) is 5.75 Å². The first-order chi connectivity index (χ1) is 10.9. The van der Waals surface area contributed by atoms with Gasteiger partial charge in [-0.05, 0) is 35.6 Å². The summed E-state index contributed by atoms with van der Waals surface area (Å²) in [5.41, 5.74) is 2.39. The molecule has 0 saturated heterocycles. The molecule has 0 atom stereocenters.